The highest BCUT2D eigenvalue weighted by atomic mass is 15.3. The maximum atomic E-state index is 4.58. The first-order valence-electron chi connectivity index (χ1n) is 6.55. The van der Waals surface area contributed by atoms with E-state index in [1.165, 1.54) is 12.8 Å². The van der Waals surface area contributed by atoms with Crippen LogP contribution in [-0.2, 0) is 0 Å². The zero-order valence-corrected chi connectivity index (χ0v) is 11.8. The fraction of sp³-hybridized carbons (Fsp3) is 0.692. The predicted octanol–water partition coefficient (Wildman–Crippen LogP) is 1.36. The number of likely N-dealkylation sites (N-methyl/N-ethyl adjacent to an activating group) is 1. The van der Waals surface area contributed by atoms with Crippen LogP contribution in [0.25, 0.3) is 0 Å². The van der Waals surface area contributed by atoms with Gasteiger partial charge in [-0.25, -0.2) is 9.97 Å². The molecule has 5 nitrogen and oxygen atoms in total. The van der Waals surface area contributed by atoms with E-state index in [1.54, 1.807) is 0 Å². The zero-order chi connectivity index (χ0) is 13.1. The molecule has 1 aliphatic rings. The van der Waals surface area contributed by atoms with Crippen molar-refractivity contribution >= 4 is 11.6 Å². The van der Waals surface area contributed by atoms with Gasteiger partial charge in [0.15, 0.2) is 0 Å². The number of rotatable bonds is 4. The number of hydrogen-bond donors (Lipinski definition) is 1. The molecule has 2 rings (SSSR count). The van der Waals surface area contributed by atoms with Gasteiger partial charge in [0.25, 0.3) is 0 Å². The second-order valence-electron chi connectivity index (χ2n) is 5.16. The van der Waals surface area contributed by atoms with Crippen molar-refractivity contribution in [1.29, 1.82) is 0 Å². The molecule has 0 saturated carbocycles. The third-order valence-electron chi connectivity index (χ3n) is 3.33. The van der Waals surface area contributed by atoms with Gasteiger partial charge in [-0.1, -0.05) is 0 Å². The van der Waals surface area contributed by atoms with Crippen molar-refractivity contribution in [2.45, 2.75) is 25.8 Å². The van der Waals surface area contributed by atoms with E-state index < -0.39 is 0 Å². The summed E-state index contributed by atoms with van der Waals surface area (Å²) in [5.74, 6) is 2.77. The van der Waals surface area contributed by atoms with E-state index in [1.807, 2.05) is 20.0 Å². The Bertz CT molecular complexity index is 404. The highest BCUT2D eigenvalue weighted by Crippen LogP contribution is 2.25. The SMILES string of the molecule is CNc1cc(N2CCCC2CN(C)C)nc(C)n1. The van der Waals surface area contributed by atoms with Crippen molar-refractivity contribution in [3.63, 3.8) is 0 Å². The Morgan fingerprint density at radius 2 is 2.22 bits per heavy atom. The molecule has 1 N–H and O–H groups in total. The number of nitrogens with one attached hydrogen (secondary N) is 1. The van der Waals surface area contributed by atoms with Crippen LogP contribution in [0.2, 0.25) is 0 Å². The average molecular weight is 249 g/mol. The molecule has 5 heteroatoms. The topological polar surface area (TPSA) is 44.3 Å². The molecule has 2 heterocycles. The van der Waals surface area contributed by atoms with E-state index in [0.717, 1.165) is 30.5 Å². The Hall–Kier alpha value is -1.36. The van der Waals surface area contributed by atoms with Gasteiger partial charge in [0, 0.05) is 32.2 Å². The molecule has 0 aliphatic carbocycles. The number of aryl methyl sites for hydroxylation is 1. The van der Waals surface area contributed by atoms with Crippen LogP contribution in [0.1, 0.15) is 18.7 Å². The van der Waals surface area contributed by atoms with Gasteiger partial charge in [-0.15, -0.1) is 0 Å². The van der Waals surface area contributed by atoms with Gasteiger partial charge in [0.2, 0.25) is 0 Å². The summed E-state index contributed by atoms with van der Waals surface area (Å²) in [5.41, 5.74) is 0. The summed E-state index contributed by atoms with van der Waals surface area (Å²) >= 11 is 0. The summed E-state index contributed by atoms with van der Waals surface area (Å²) in [7, 11) is 6.15. The molecule has 0 amide bonds. The number of hydrogen-bond acceptors (Lipinski definition) is 5. The molecule has 1 fully saturated rings. The molecule has 1 aromatic heterocycles. The molecule has 0 bridgehead atoms. The van der Waals surface area contributed by atoms with Crippen LogP contribution in [0, 0.1) is 6.92 Å². The maximum absolute atomic E-state index is 4.58. The van der Waals surface area contributed by atoms with Gasteiger partial charge in [-0.05, 0) is 33.9 Å². The summed E-state index contributed by atoms with van der Waals surface area (Å²) in [6.07, 6.45) is 2.49. The van der Waals surface area contributed by atoms with E-state index >= 15 is 0 Å². The van der Waals surface area contributed by atoms with E-state index in [0.29, 0.717) is 6.04 Å². The highest BCUT2D eigenvalue weighted by molar-refractivity contribution is 5.50. The first kappa shape index (κ1) is 13.1. The van der Waals surface area contributed by atoms with Gasteiger partial charge in [-0.2, -0.15) is 0 Å². The lowest BCUT2D eigenvalue weighted by atomic mass is 10.2. The Balaban J connectivity index is 2.21. The third kappa shape index (κ3) is 2.90. The summed E-state index contributed by atoms with van der Waals surface area (Å²) in [6, 6.07) is 2.61. The first-order chi connectivity index (χ1) is 8.60. The molecule has 0 radical (unpaired) electrons. The van der Waals surface area contributed by atoms with Crippen molar-refractivity contribution in [1.82, 2.24) is 14.9 Å². The second-order valence-corrected chi connectivity index (χ2v) is 5.16. The van der Waals surface area contributed by atoms with Crippen LogP contribution in [0.3, 0.4) is 0 Å². The molecule has 1 saturated heterocycles. The minimum Gasteiger partial charge on any atom is -0.373 e. The third-order valence-corrected chi connectivity index (χ3v) is 3.33. The van der Waals surface area contributed by atoms with Crippen LogP contribution < -0.4 is 10.2 Å². The standard InChI is InChI=1S/C13H23N5/c1-10-15-12(14-2)8-13(16-10)18-7-5-6-11(18)9-17(3)4/h8,11H,5-7,9H2,1-4H3,(H,14,15,16). The van der Waals surface area contributed by atoms with Crippen molar-refractivity contribution in [3.05, 3.63) is 11.9 Å². The summed E-state index contributed by atoms with van der Waals surface area (Å²) in [5, 5.41) is 3.10. The van der Waals surface area contributed by atoms with Gasteiger partial charge in [0.1, 0.15) is 17.5 Å². The monoisotopic (exact) mass is 249 g/mol. The van der Waals surface area contributed by atoms with E-state index in [9.17, 15) is 0 Å². The smallest absolute Gasteiger partial charge is 0.134 e. The molecule has 100 valence electrons. The first-order valence-corrected chi connectivity index (χ1v) is 6.55. The largest absolute Gasteiger partial charge is 0.373 e. The van der Waals surface area contributed by atoms with Crippen molar-refractivity contribution < 1.29 is 0 Å². The fourth-order valence-electron chi connectivity index (χ4n) is 2.58. The molecule has 1 atom stereocenters. The van der Waals surface area contributed by atoms with Gasteiger partial charge < -0.3 is 15.1 Å². The van der Waals surface area contributed by atoms with Crippen molar-refractivity contribution in [2.24, 2.45) is 0 Å². The Morgan fingerprint density at radius 3 is 2.89 bits per heavy atom. The lowest BCUT2D eigenvalue weighted by molar-refractivity contribution is 0.371. The zero-order valence-electron chi connectivity index (χ0n) is 11.8. The molecule has 1 unspecified atom stereocenters. The van der Waals surface area contributed by atoms with Crippen LogP contribution in [0.15, 0.2) is 6.07 Å². The normalized spacial score (nSPS) is 19.6. The Morgan fingerprint density at radius 1 is 1.44 bits per heavy atom. The van der Waals surface area contributed by atoms with Crippen molar-refractivity contribution in [2.75, 3.05) is 44.4 Å². The molecule has 18 heavy (non-hydrogen) atoms. The minimum atomic E-state index is 0.569. The second kappa shape index (κ2) is 5.52. The fourth-order valence-corrected chi connectivity index (χ4v) is 2.58. The summed E-state index contributed by atoms with van der Waals surface area (Å²) < 4.78 is 0. The van der Waals surface area contributed by atoms with Crippen LogP contribution >= 0.6 is 0 Å². The molecule has 1 aliphatic heterocycles. The number of nitrogens with zero attached hydrogens (tertiary/aromatic N) is 4. The van der Waals surface area contributed by atoms with E-state index in [2.05, 4.69) is 39.2 Å². The molecular formula is C13H23N5. The number of aromatic nitrogens is 2. The van der Waals surface area contributed by atoms with Gasteiger partial charge in [-0.3, -0.25) is 0 Å². The Kier molecular flexibility index (Phi) is 4.01. The maximum Gasteiger partial charge on any atom is 0.134 e. The average Bonchev–Trinajstić information content (AvgIpc) is 2.75. The quantitative estimate of drug-likeness (QED) is 0.873. The lowest BCUT2D eigenvalue weighted by Crippen LogP contribution is -2.38. The minimum absolute atomic E-state index is 0.569. The van der Waals surface area contributed by atoms with Gasteiger partial charge >= 0.3 is 0 Å². The van der Waals surface area contributed by atoms with Crippen molar-refractivity contribution in [3.8, 4) is 0 Å². The molecule has 0 spiro atoms. The summed E-state index contributed by atoms with van der Waals surface area (Å²) in [6.45, 7) is 4.12. The lowest BCUT2D eigenvalue weighted by Gasteiger charge is -2.28. The molecule has 0 aromatic carbocycles. The number of anilines is 2. The van der Waals surface area contributed by atoms with E-state index in [-0.39, 0.29) is 0 Å². The summed E-state index contributed by atoms with van der Waals surface area (Å²) in [4.78, 5) is 13.6. The van der Waals surface area contributed by atoms with Crippen LogP contribution in [-0.4, -0.2) is 55.1 Å². The Labute approximate surface area is 109 Å². The van der Waals surface area contributed by atoms with E-state index in [4.69, 9.17) is 0 Å². The van der Waals surface area contributed by atoms with Gasteiger partial charge in [0.05, 0.1) is 0 Å². The van der Waals surface area contributed by atoms with Crippen LogP contribution in [0.5, 0.6) is 0 Å². The van der Waals surface area contributed by atoms with Crippen LogP contribution in [0.4, 0.5) is 11.6 Å². The molecular weight excluding hydrogens is 226 g/mol. The predicted molar refractivity (Wildman–Crippen MR) is 75.2 cm³/mol. The highest BCUT2D eigenvalue weighted by Gasteiger charge is 2.26. The molecule has 1 aromatic rings.